The monoisotopic (exact) mass is 925 g/mol. The second kappa shape index (κ2) is 26.4. The van der Waals surface area contributed by atoms with Gasteiger partial charge in [0.05, 0.1) is 10.0 Å². The molecule has 0 bridgehead atoms. The molecule has 2 saturated heterocycles. The number of hydrogen-bond donors (Lipinski definition) is 0. The van der Waals surface area contributed by atoms with Gasteiger partial charge in [0.25, 0.3) is 0 Å². The molecule has 0 radical (unpaired) electrons. The van der Waals surface area contributed by atoms with E-state index in [1.807, 2.05) is 25.7 Å². The van der Waals surface area contributed by atoms with Crippen molar-refractivity contribution in [3.63, 3.8) is 0 Å². The number of nitrogens with zero attached hydrogens (tertiary/aromatic N) is 7. The van der Waals surface area contributed by atoms with Crippen molar-refractivity contribution < 1.29 is 19.1 Å². The Hall–Kier alpha value is -2.48. The van der Waals surface area contributed by atoms with E-state index in [2.05, 4.69) is 75.0 Å². The van der Waals surface area contributed by atoms with Crippen LogP contribution in [0.15, 0.2) is 39.6 Å². The number of rotatable bonds is 15. The molecule has 0 N–H and O–H groups in total. The van der Waals surface area contributed by atoms with Gasteiger partial charge in [0.15, 0.2) is 5.78 Å². The molecule has 4 heterocycles. The predicted octanol–water partition coefficient (Wildman–Crippen LogP) is 10.5. The topological polar surface area (TPSA) is 114 Å². The van der Waals surface area contributed by atoms with Gasteiger partial charge >= 0.3 is 126 Å². The molecular weight excluding hydrogens is 853 g/mol. The first-order valence-corrected chi connectivity index (χ1v) is 28.2. The Morgan fingerprint density at radius 3 is 1.61 bits per heavy atom. The Kier molecular flexibility index (Phi) is 24.2. The number of ketones is 1. The second-order valence-corrected chi connectivity index (χ2v) is 29.1. The van der Waals surface area contributed by atoms with Gasteiger partial charge in [0.1, 0.15) is 5.60 Å². The number of unbranched alkanes of at least 4 members (excludes halogenated alkanes) is 3. The van der Waals surface area contributed by atoms with Crippen molar-refractivity contribution in [3.8, 4) is 0 Å². The average molecular weight is 926 g/mol. The summed E-state index contributed by atoms with van der Waals surface area (Å²) >= 11 is 1.08. The zero-order valence-electron chi connectivity index (χ0n) is 34.1. The second-order valence-electron chi connectivity index (χ2n) is 15.0. The van der Waals surface area contributed by atoms with E-state index in [1.165, 1.54) is 94.2 Å². The fourth-order valence-corrected chi connectivity index (χ4v) is 21.2. The largest absolute Gasteiger partial charge is 0.444 e. The number of piperidine rings is 1. The summed E-state index contributed by atoms with van der Waals surface area (Å²) in [5.41, 5.74) is 0.0102. The average Bonchev–Trinajstić information content (AvgIpc) is 3.15. The molecule has 306 valence electrons. The maximum atomic E-state index is 12.0. The van der Waals surface area contributed by atoms with E-state index in [1.54, 1.807) is 17.3 Å². The molecule has 2 aromatic rings. The van der Waals surface area contributed by atoms with Crippen LogP contribution in [0, 0.1) is 0 Å². The van der Waals surface area contributed by atoms with E-state index in [-0.39, 0.29) is 19.3 Å². The molecule has 2 aliphatic rings. The van der Waals surface area contributed by atoms with E-state index in [9.17, 15) is 9.59 Å². The Bertz CT molecular complexity index is 1320. The summed E-state index contributed by atoms with van der Waals surface area (Å²) in [4.78, 5) is 46.1. The summed E-state index contributed by atoms with van der Waals surface area (Å²) < 4.78 is 17.8. The molecule has 0 aromatic carbocycles. The van der Waals surface area contributed by atoms with Crippen molar-refractivity contribution >= 4 is 58.1 Å². The number of amides is 1. The molecular formula is C41H72BrN7O4Sn. The van der Waals surface area contributed by atoms with Crippen LogP contribution in [0.1, 0.15) is 131 Å². The third-order valence-electron chi connectivity index (χ3n) is 9.44. The van der Waals surface area contributed by atoms with Crippen molar-refractivity contribution in [2.24, 2.45) is 0 Å². The quantitative estimate of drug-likeness (QED) is 0.0972. The Morgan fingerprint density at radius 1 is 0.759 bits per heavy atom. The third-order valence-corrected chi connectivity index (χ3v) is 24.9. The molecule has 1 amide bonds. The molecule has 2 aromatic heterocycles. The van der Waals surface area contributed by atoms with Crippen molar-refractivity contribution in [2.45, 2.75) is 140 Å². The first-order chi connectivity index (χ1) is 25.3. The van der Waals surface area contributed by atoms with Crippen LogP contribution >= 0.6 is 15.9 Å². The van der Waals surface area contributed by atoms with Gasteiger partial charge in [-0.25, -0.2) is 24.7 Å². The summed E-state index contributed by atoms with van der Waals surface area (Å²) in [6.07, 6.45) is 18.3. The fourth-order valence-electron chi connectivity index (χ4n) is 6.31. The van der Waals surface area contributed by atoms with Crippen LogP contribution in [0.4, 0.5) is 16.7 Å². The van der Waals surface area contributed by atoms with Crippen molar-refractivity contribution in [2.75, 3.05) is 55.7 Å². The normalized spacial score (nSPS) is 14.4. The van der Waals surface area contributed by atoms with Gasteiger partial charge in [0, 0.05) is 64.1 Å². The smallest absolute Gasteiger partial charge is 0.410 e. The van der Waals surface area contributed by atoms with Gasteiger partial charge in [-0.2, -0.15) is 0 Å². The summed E-state index contributed by atoms with van der Waals surface area (Å²) in [5, 5.41) is 0. The first-order valence-electron chi connectivity index (χ1n) is 19.9. The van der Waals surface area contributed by atoms with Crippen LogP contribution in [0.3, 0.4) is 0 Å². The number of ether oxygens (including phenoxy) is 2. The molecule has 4 rings (SSSR count). The predicted molar refractivity (Wildman–Crippen MR) is 230 cm³/mol. The number of carbonyl (C=O) groups is 2. The van der Waals surface area contributed by atoms with Gasteiger partial charge in [-0.1, -0.05) is 7.43 Å². The molecule has 11 nitrogen and oxygen atoms in total. The molecule has 54 heavy (non-hydrogen) atoms. The molecule has 2 fully saturated rings. The molecule has 0 saturated carbocycles. The zero-order valence-corrected chi connectivity index (χ0v) is 38.5. The standard InChI is InChI=1S/C15H22N4O3.C9H12BrN3.C4H7O.3C4H9.CH4.Sn/c1-11(20)12-9-16-13(17-10-12)18-5-7-19(8-6-18)14(21)22-15(2,3)4;10-8-6-11-9(12-7-8)13-4-2-1-3-5-13;1-3-5-4-2;3*1-3-4-2;;/h9-10H,5-8H2,1-4H3;6-7H,1-5H2;1,4H2,2H3;3*1,3-4H2,2H3;1H4;. The van der Waals surface area contributed by atoms with Crippen LogP contribution in [0.25, 0.3) is 0 Å². The minimum atomic E-state index is -2.24. The Morgan fingerprint density at radius 2 is 1.20 bits per heavy atom. The molecule has 13 heteroatoms. The van der Waals surface area contributed by atoms with E-state index in [4.69, 9.17) is 9.47 Å². The summed E-state index contributed by atoms with van der Waals surface area (Å²) in [6, 6.07) is 0. The fraction of sp³-hybridized carbons (Fsp3) is 0.707. The van der Waals surface area contributed by atoms with E-state index >= 15 is 0 Å². The van der Waals surface area contributed by atoms with Crippen LogP contribution < -0.4 is 9.80 Å². The molecule has 0 atom stereocenters. The Balaban J connectivity index is 0.000000414. The number of aromatic nitrogens is 4. The maximum absolute atomic E-state index is 12.0. The van der Waals surface area contributed by atoms with Gasteiger partial charge < -0.3 is 19.4 Å². The Labute approximate surface area is 340 Å². The molecule has 0 spiro atoms. The van der Waals surface area contributed by atoms with Crippen LogP contribution in [-0.2, 0) is 9.47 Å². The molecule has 0 unspecified atom stereocenters. The number of anilines is 2. The summed E-state index contributed by atoms with van der Waals surface area (Å²) in [7, 11) is 0. The van der Waals surface area contributed by atoms with Gasteiger partial charge in [-0.05, 0) is 62.9 Å². The van der Waals surface area contributed by atoms with Crippen molar-refractivity contribution in [3.05, 3.63) is 45.2 Å². The van der Waals surface area contributed by atoms with Crippen molar-refractivity contribution in [1.82, 2.24) is 24.8 Å². The van der Waals surface area contributed by atoms with Crippen LogP contribution in [0.5, 0.6) is 0 Å². The summed E-state index contributed by atoms with van der Waals surface area (Å²) in [5.74, 6) is 1.39. The van der Waals surface area contributed by atoms with Crippen LogP contribution in [0.2, 0.25) is 13.3 Å². The molecule has 0 aliphatic carbocycles. The van der Waals surface area contributed by atoms with E-state index < -0.39 is 24.0 Å². The number of Topliss-reactive ketones (excluding diaryl/α,β-unsaturated/α-hetero) is 1. The number of carbonyl (C=O) groups excluding carboxylic acids is 2. The van der Waals surface area contributed by atoms with Gasteiger partial charge in [-0.15, -0.1) is 0 Å². The van der Waals surface area contributed by atoms with E-state index in [0.717, 1.165) is 30.1 Å². The first kappa shape index (κ1) is 49.5. The third kappa shape index (κ3) is 18.0. The SMILES string of the molecule is Brc1cnc(N2CCCCC2)nc1.C.C=[C](OCC)[Sn]([CH2]CCC)([CH2]CCC)[CH2]CCC.CC(=O)c1cnc(N2CCN(C(=O)OC(C)(C)C)CC2)nc1. The maximum Gasteiger partial charge on any atom is 0.410 e. The zero-order chi connectivity index (χ0) is 39.3. The molecule has 2 aliphatic heterocycles. The number of hydrogen-bond acceptors (Lipinski definition) is 10. The van der Waals surface area contributed by atoms with E-state index in [0.29, 0.717) is 37.7 Å². The van der Waals surface area contributed by atoms with Gasteiger partial charge in [-0.3, -0.25) is 4.79 Å². The summed E-state index contributed by atoms with van der Waals surface area (Å²) in [6.45, 7) is 25.8. The van der Waals surface area contributed by atoms with Crippen LogP contribution in [-0.4, -0.2) is 107 Å². The minimum Gasteiger partial charge on any atom is -0.444 e. The number of halogens is 1. The van der Waals surface area contributed by atoms with Crippen molar-refractivity contribution in [1.29, 1.82) is 0 Å². The van der Waals surface area contributed by atoms with Gasteiger partial charge in [0.2, 0.25) is 11.9 Å². The number of piperazine rings is 1. The minimum absolute atomic E-state index is 0.